The van der Waals surface area contributed by atoms with Crippen LogP contribution in [0.2, 0.25) is 0 Å². The van der Waals surface area contributed by atoms with Crippen LogP contribution in [0, 0.1) is 0 Å². The number of fused-ring (bicyclic) bond motifs is 2. The van der Waals surface area contributed by atoms with E-state index in [9.17, 15) is 13.2 Å². The molecular formula is C26H25N5O3S. The maximum atomic E-state index is 13.5. The van der Waals surface area contributed by atoms with E-state index in [0.29, 0.717) is 37.3 Å². The molecule has 2 aliphatic heterocycles. The smallest absolute Gasteiger partial charge is 0.264 e. The number of piperidine rings is 1. The van der Waals surface area contributed by atoms with Gasteiger partial charge in [0.15, 0.2) is 5.65 Å². The Hall–Kier alpha value is -3.72. The van der Waals surface area contributed by atoms with Crippen LogP contribution in [-0.2, 0) is 16.4 Å². The summed E-state index contributed by atoms with van der Waals surface area (Å²) in [6.45, 7) is 1.55. The van der Waals surface area contributed by atoms with Gasteiger partial charge in [-0.15, -0.1) is 10.2 Å². The fourth-order valence-electron chi connectivity index (χ4n) is 5.17. The number of likely N-dealkylation sites (tertiary alicyclic amines) is 1. The third-order valence-corrected chi connectivity index (χ3v) is 8.74. The fourth-order valence-corrected chi connectivity index (χ4v) is 6.72. The van der Waals surface area contributed by atoms with Crippen molar-refractivity contribution in [2.24, 2.45) is 0 Å². The van der Waals surface area contributed by atoms with Gasteiger partial charge in [0.2, 0.25) is 0 Å². The number of benzene rings is 2. The Kier molecular flexibility index (Phi) is 5.29. The number of pyridine rings is 1. The van der Waals surface area contributed by atoms with Crippen molar-refractivity contribution in [3.05, 3.63) is 89.9 Å². The Morgan fingerprint density at radius 2 is 1.80 bits per heavy atom. The predicted molar refractivity (Wildman–Crippen MR) is 132 cm³/mol. The predicted octanol–water partition coefficient (Wildman–Crippen LogP) is 3.50. The summed E-state index contributed by atoms with van der Waals surface area (Å²) in [5.74, 6) is 0.752. The fraction of sp³-hybridized carbons (Fsp3) is 0.269. The lowest BCUT2D eigenvalue weighted by molar-refractivity contribution is 0.0704. The Balaban J connectivity index is 1.25. The van der Waals surface area contributed by atoms with Gasteiger partial charge in [0.1, 0.15) is 5.82 Å². The minimum absolute atomic E-state index is 0.0677. The second kappa shape index (κ2) is 8.49. The lowest BCUT2D eigenvalue weighted by Gasteiger charge is -2.32. The molecule has 0 radical (unpaired) electrons. The number of nitrogens with zero attached hydrogens (tertiary/aromatic N) is 5. The summed E-state index contributed by atoms with van der Waals surface area (Å²) in [5, 5.41) is 8.64. The zero-order chi connectivity index (χ0) is 24.0. The van der Waals surface area contributed by atoms with Crippen molar-refractivity contribution in [2.45, 2.75) is 30.1 Å². The minimum Gasteiger partial charge on any atom is -0.338 e. The van der Waals surface area contributed by atoms with Crippen LogP contribution >= 0.6 is 0 Å². The van der Waals surface area contributed by atoms with Gasteiger partial charge in [-0.25, -0.2) is 8.42 Å². The highest BCUT2D eigenvalue weighted by molar-refractivity contribution is 7.92. The van der Waals surface area contributed by atoms with Crippen LogP contribution in [0.5, 0.6) is 0 Å². The van der Waals surface area contributed by atoms with Gasteiger partial charge in [-0.3, -0.25) is 13.5 Å². The molecule has 35 heavy (non-hydrogen) atoms. The normalized spacial score (nSPS) is 18.1. The lowest BCUT2D eigenvalue weighted by Crippen LogP contribution is -2.39. The van der Waals surface area contributed by atoms with E-state index in [2.05, 4.69) is 10.2 Å². The first-order chi connectivity index (χ1) is 17.0. The highest BCUT2D eigenvalue weighted by Gasteiger charge is 2.32. The van der Waals surface area contributed by atoms with E-state index >= 15 is 0 Å². The van der Waals surface area contributed by atoms with Gasteiger partial charge in [0.25, 0.3) is 15.9 Å². The van der Waals surface area contributed by atoms with Crippen LogP contribution in [0.25, 0.3) is 5.65 Å². The molecule has 6 rings (SSSR count). The van der Waals surface area contributed by atoms with Crippen molar-refractivity contribution < 1.29 is 13.2 Å². The van der Waals surface area contributed by atoms with E-state index < -0.39 is 10.0 Å². The number of amides is 1. The first-order valence-electron chi connectivity index (χ1n) is 11.8. The van der Waals surface area contributed by atoms with Crippen molar-refractivity contribution in [1.82, 2.24) is 19.5 Å². The largest absolute Gasteiger partial charge is 0.338 e. The van der Waals surface area contributed by atoms with E-state index in [0.717, 1.165) is 29.9 Å². The topological polar surface area (TPSA) is 87.9 Å². The number of hydrogen-bond donors (Lipinski definition) is 0. The molecule has 1 fully saturated rings. The SMILES string of the molecule is O=C(c1cccc(S(=O)(=O)N2CCc3ccccc32)c1)N1CCCC(c2nnc3ccccn23)C1. The highest BCUT2D eigenvalue weighted by atomic mass is 32.2. The van der Waals surface area contributed by atoms with Crippen LogP contribution in [-0.4, -0.2) is 53.5 Å². The second-order valence-corrected chi connectivity index (χ2v) is 10.9. The van der Waals surface area contributed by atoms with Crippen molar-refractivity contribution in [1.29, 1.82) is 0 Å². The van der Waals surface area contributed by atoms with Gasteiger partial charge >= 0.3 is 0 Å². The van der Waals surface area contributed by atoms with E-state index in [1.807, 2.05) is 53.1 Å². The van der Waals surface area contributed by atoms with Gasteiger partial charge in [0, 0.05) is 37.3 Å². The molecule has 9 heteroatoms. The van der Waals surface area contributed by atoms with E-state index in [1.165, 1.54) is 10.4 Å². The Labute approximate surface area is 203 Å². The summed E-state index contributed by atoms with van der Waals surface area (Å²) in [5.41, 5.74) is 2.89. The van der Waals surface area contributed by atoms with E-state index in [4.69, 9.17) is 0 Å². The third kappa shape index (κ3) is 3.76. The molecule has 2 aliphatic rings. The summed E-state index contributed by atoms with van der Waals surface area (Å²) >= 11 is 0. The zero-order valence-electron chi connectivity index (χ0n) is 19.1. The lowest BCUT2D eigenvalue weighted by atomic mass is 9.96. The van der Waals surface area contributed by atoms with Crippen molar-refractivity contribution >= 4 is 27.3 Å². The van der Waals surface area contributed by atoms with E-state index in [1.54, 1.807) is 23.1 Å². The molecule has 178 valence electrons. The van der Waals surface area contributed by atoms with Crippen LogP contribution in [0.1, 0.15) is 40.5 Å². The number of para-hydroxylation sites is 1. The van der Waals surface area contributed by atoms with Gasteiger partial charge in [-0.2, -0.15) is 0 Å². The number of carbonyl (C=O) groups is 1. The molecule has 2 aromatic carbocycles. The van der Waals surface area contributed by atoms with Gasteiger partial charge in [-0.05, 0) is 61.2 Å². The monoisotopic (exact) mass is 487 g/mol. The minimum atomic E-state index is -3.77. The number of aromatic nitrogens is 3. The number of rotatable bonds is 4. The molecule has 8 nitrogen and oxygen atoms in total. The zero-order valence-corrected chi connectivity index (χ0v) is 19.9. The summed E-state index contributed by atoms with van der Waals surface area (Å²) in [6, 6.07) is 19.7. The molecule has 0 spiro atoms. The van der Waals surface area contributed by atoms with Crippen LogP contribution in [0.3, 0.4) is 0 Å². The molecule has 0 aliphatic carbocycles. The first kappa shape index (κ1) is 21.8. The number of carbonyl (C=O) groups excluding carboxylic acids is 1. The number of anilines is 1. The molecule has 0 bridgehead atoms. The summed E-state index contributed by atoms with van der Waals surface area (Å²) < 4.78 is 30.3. The molecule has 1 saturated heterocycles. The maximum Gasteiger partial charge on any atom is 0.264 e. The van der Waals surface area contributed by atoms with E-state index in [-0.39, 0.29) is 16.7 Å². The van der Waals surface area contributed by atoms with Gasteiger partial charge in [-0.1, -0.05) is 30.3 Å². The molecule has 1 amide bonds. The van der Waals surface area contributed by atoms with Gasteiger partial charge in [0.05, 0.1) is 10.6 Å². The average Bonchev–Trinajstić information content (AvgIpc) is 3.53. The Morgan fingerprint density at radius 1 is 0.943 bits per heavy atom. The molecule has 0 N–H and O–H groups in total. The van der Waals surface area contributed by atoms with Crippen molar-refractivity contribution in [2.75, 3.05) is 23.9 Å². The molecular weight excluding hydrogens is 462 g/mol. The molecule has 1 atom stereocenters. The standard InChI is InChI=1S/C26H25N5O3S/c32-26(29-14-6-9-21(18-29)25-28-27-24-12-3-4-15-30(24)25)20-8-5-10-22(17-20)35(33,34)31-16-13-19-7-1-2-11-23(19)31/h1-5,7-8,10-12,15,17,21H,6,9,13-14,16,18H2. The Bertz CT molecular complexity index is 1530. The average molecular weight is 488 g/mol. The molecule has 1 unspecified atom stereocenters. The molecule has 4 heterocycles. The summed E-state index contributed by atoms with van der Waals surface area (Å²) in [6.07, 6.45) is 4.39. The summed E-state index contributed by atoms with van der Waals surface area (Å²) in [7, 11) is -3.77. The Morgan fingerprint density at radius 3 is 2.71 bits per heavy atom. The first-order valence-corrected chi connectivity index (χ1v) is 13.3. The summed E-state index contributed by atoms with van der Waals surface area (Å²) in [4.78, 5) is 15.4. The number of hydrogen-bond acceptors (Lipinski definition) is 5. The maximum absolute atomic E-state index is 13.5. The third-order valence-electron chi connectivity index (χ3n) is 6.93. The van der Waals surface area contributed by atoms with Crippen molar-refractivity contribution in [3.8, 4) is 0 Å². The highest BCUT2D eigenvalue weighted by Crippen LogP contribution is 2.33. The molecule has 4 aromatic rings. The van der Waals surface area contributed by atoms with Crippen LogP contribution in [0.15, 0.2) is 77.8 Å². The molecule has 2 aromatic heterocycles. The van der Waals surface area contributed by atoms with Crippen LogP contribution in [0.4, 0.5) is 5.69 Å². The van der Waals surface area contributed by atoms with Gasteiger partial charge < -0.3 is 4.90 Å². The van der Waals surface area contributed by atoms with Crippen LogP contribution < -0.4 is 4.31 Å². The molecule has 0 saturated carbocycles. The number of sulfonamides is 1. The second-order valence-electron chi connectivity index (χ2n) is 9.06. The quantitative estimate of drug-likeness (QED) is 0.440. The van der Waals surface area contributed by atoms with Crippen molar-refractivity contribution in [3.63, 3.8) is 0 Å².